The van der Waals surface area contributed by atoms with Crippen LogP contribution in [-0.2, 0) is 20.8 Å². The number of nitrogens with two attached hydrogens (primary N) is 1. The lowest BCUT2D eigenvalue weighted by molar-refractivity contribution is -0.115. The van der Waals surface area contributed by atoms with Crippen LogP contribution in [0.25, 0.3) is 11.0 Å². The van der Waals surface area contributed by atoms with Crippen LogP contribution in [0.5, 0.6) is 0 Å². The SMILES string of the molecule is CC#Cn1c(N2CCCC(N)C2)c(C(=O)N2CCOCC2)c2ncn(CC(=O)C3=CCC(OC)=CC=C3)c(=O)c21. The van der Waals surface area contributed by atoms with E-state index in [1.807, 2.05) is 4.90 Å². The maximum absolute atomic E-state index is 14.0. The number of amides is 1. The van der Waals surface area contributed by atoms with Gasteiger partial charge in [0.25, 0.3) is 11.5 Å². The van der Waals surface area contributed by atoms with Crippen LogP contribution in [0, 0.1) is 12.0 Å². The molecule has 1 amide bonds. The standard InChI is InChI=1S/C29H34N6O5/c1-3-11-35-26-25(31-19-34(29(26)38)18-23(36)20-6-4-8-22(39-2)10-9-20)24(28(37)32-13-15-40-16-14-32)27(35)33-12-5-7-21(30)17-33/h4,6,8-9,19,21H,5,7,10,12-18,30H2,1-2H3. The highest BCUT2D eigenvalue weighted by atomic mass is 16.5. The predicted octanol–water partition coefficient (Wildman–Crippen LogP) is 1.41. The van der Waals surface area contributed by atoms with E-state index in [9.17, 15) is 14.4 Å². The van der Waals surface area contributed by atoms with E-state index >= 15 is 0 Å². The molecule has 2 aromatic rings. The molecule has 40 heavy (non-hydrogen) atoms. The summed E-state index contributed by atoms with van der Waals surface area (Å²) in [5, 5.41) is 0. The minimum Gasteiger partial charge on any atom is -0.501 e. The molecule has 0 radical (unpaired) electrons. The molecule has 3 aliphatic rings. The number of nitrogens with zero attached hydrogens (tertiary/aromatic N) is 5. The van der Waals surface area contributed by atoms with Gasteiger partial charge in [-0.15, -0.1) is 0 Å². The maximum Gasteiger partial charge on any atom is 0.279 e. The lowest BCUT2D eigenvalue weighted by atomic mass is 10.1. The number of carbonyl (C=O) groups excluding carboxylic acids is 2. The third-order valence-electron chi connectivity index (χ3n) is 7.38. The molecule has 2 saturated heterocycles. The van der Waals surface area contributed by atoms with Crippen LogP contribution in [0.1, 0.15) is 36.5 Å². The average Bonchev–Trinajstić information content (AvgIpc) is 3.11. The molecule has 2 aliphatic heterocycles. The smallest absolute Gasteiger partial charge is 0.279 e. The first-order chi connectivity index (χ1) is 19.4. The number of aromatic nitrogens is 3. The lowest BCUT2D eigenvalue weighted by Crippen LogP contribution is -2.45. The Kier molecular flexibility index (Phi) is 8.19. The van der Waals surface area contributed by atoms with Crippen LogP contribution in [0.2, 0.25) is 0 Å². The number of fused-ring (bicyclic) bond motifs is 1. The summed E-state index contributed by atoms with van der Waals surface area (Å²) in [5.74, 6) is 3.68. The number of morpholine rings is 1. The molecule has 2 fully saturated rings. The fourth-order valence-corrected chi connectivity index (χ4v) is 5.35. The molecule has 11 heteroatoms. The summed E-state index contributed by atoms with van der Waals surface area (Å²) < 4.78 is 13.6. The van der Waals surface area contributed by atoms with Gasteiger partial charge in [0.2, 0.25) is 0 Å². The third-order valence-corrected chi connectivity index (χ3v) is 7.38. The Labute approximate surface area is 232 Å². The Morgan fingerprint density at radius 2 is 2.05 bits per heavy atom. The number of Topliss-reactive ketones (excluding diaryl/α,β-unsaturated/α-hetero) is 1. The van der Waals surface area contributed by atoms with Crippen LogP contribution in [0.15, 0.2) is 46.8 Å². The second-order valence-corrected chi connectivity index (χ2v) is 10.0. The number of hydrogen-bond acceptors (Lipinski definition) is 8. The number of piperidine rings is 1. The molecule has 5 rings (SSSR count). The second kappa shape index (κ2) is 11.9. The number of allylic oxidation sites excluding steroid dienone is 5. The van der Waals surface area contributed by atoms with Crippen molar-refractivity contribution >= 4 is 28.5 Å². The number of hydrogen-bond donors (Lipinski definition) is 1. The lowest BCUT2D eigenvalue weighted by Gasteiger charge is -2.34. The van der Waals surface area contributed by atoms with Crippen LogP contribution in [0.3, 0.4) is 0 Å². The van der Waals surface area contributed by atoms with E-state index in [1.165, 1.54) is 10.9 Å². The zero-order chi connectivity index (χ0) is 28.2. The minimum absolute atomic E-state index is 0.0719. The molecular formula is C29H34N6O5. The summed E-state index contributed by atoms with van der Waals surface area (Å²) in [6.07, 6.45) is 10.6. The molecule has 4 heterocycles. The van der Waals surface area contributed by atoms with Crippen molar-refractivity contribution in [2.75, 3.05) is 51.4 Å². The van der Waals surface area contributed by atoms with Gasteiger partial charge in [-0.3, -0.25) is 19.0 Å². The number of ketones is 1. The molecule has 0 saturated carbocycles. The molecule has 1 aliphatic carbocycles. The van der Waals surface area contributed by atoms with Crippen molar-refractivity contribution in [1.29, 1.82) is 0 Å². The van der Waals surface area contributed by atoms with E-state index in [0.717, 1.165) is 18.6 Å². The predicted molar refractivity (Wildman–Crippen MR) is 151 cm³/mol. The summed E-state index contributed by atoms with van der Waals surface area (Å²) in [6.45, 7) is 4.43. The van der Waals surface area contributed by atoms with Crippen molar-refractivity contribution in [2.45, 2.75) is 38.8 Å². The quantitative estimate of drug-likeness (QED) is 0.540. The molecule has 0 spiro atoms. The highest BCUT2D eigenvalue weighted by Gasteiger charge is 2.34. The fraction of sp³-hybridized carbons (Fsp3) is 0.448. The van der Waals surface area contributed by atoms with Crippen molar-refractivity contribution in [1.82, 2.24) is 19.0 Å². The van der Waals surface area contributed by atoms with E-state index in [2.05, 4.69) is 16.9 Å². The van der Waals surface area contributed by atoms with Gasteiger partial charge >= 0.3 is 0 Å². The molecule has 2 aromatic heterocycles. The Balaban J connectivity index is 1.62. The van der Waals surface area contributed by atoms with Crippen molar-refractivity contribution in [3.8, 4) is 12.0 Å². The molecule has 1 atom stereocenters. The average molecular weight is 547 g/mol. The number of rotatable bonds is 6. The van der Waals surface area contributed by atoms with Gasteiger partial charge in [0.1, 0.15) is 22.4 Å². The molecule has 1 unspecified atom stereocenters. The number of carbonyl (C=O) groups is 2. The third kappa shape index (κ3) is 5.33. The molecule has 11 nitrogen and oxygen atoms in total. The van der Waals surface area contributed by atoms with Gasteiger partial charge in [0.15, 0.2) is 5.78 Å². The van der Waals surface area contributed by atoms with Crippen molar-refractivity contribution in [3.63, 3.8) is 0 Å². The Bertz CT molecular complexity index is 1530. The van der Waals surface area contributed by atoms with E-state index < -0.39 is 5.56 Å². The molecule has 0 bridgehead atoms. The first-order valence-electron chi connectivity index (χ1n) is 13.5. The Hall–Kier alpha value is -4.14. The van der Waals surface area contributed by atoms with Gasteiger partial charge in [-0.2, -0.15) is 0 Å². The number of ether oxygens (including phenoxy) is 2. The number of anilines is 1. The molecular weight excluding hydrogens is 512 g/mol. The van der Waals surface area contributed by atoms with Crippen LogP contribution >= 0.6 is 0 Å². The Morgan fingerprint density at radius 3 is 2.77 bits per heavy atom. The highest BCUT2D eigenvalue weighted by Crippen LogP contribution is 2.33. The summed E-state index contributed by atoms with van der Waals surface area (Å²) in [7, 11) is 1.58. The fourth-order valence-electron chi connectivity index (χ4n) is 5.35. The van der Waals surface area contributed by atoms with E-state index in [4.69, 9.17) is 15.2 Å². The van der Waals surface area contributed by atoms with E-state index in [0.29, 0.717) is 62.8 Å². The number of methoxy groups -OCH3 is 1. The normalized spacial score (nSPS) is 19.4. The van der Waals surface area contributed by atoms with Crippen molar-refractivity contribution in [2.24, 2.45) is 5.73 Å². The monoisotopic (exact) mass is 546 g/mol. The summed E-state index contributed by atoms with van der Waals surface area (Å²) in [4.78, 5) is 49.4. The van der Waals surface area contributed by atoms with Gasteiger partial charge in [-0.05, 0) is 25.8 Å². The summed E-state index contributed by atoms with van der Waals surface area (Å²) in [5.41, 5.74) is 7.12. The second-order valence-electron chi connectivity index (χ2n) is 10.0. The van der Waals surface area contributed by atoms with E-state index in [-0.39, 0.29) is 35.3 Å². The molecule has 210 valence electrons. The van der Waals surface area contributed by atoms with Gasteiger partial charge in [0.05, 0.1) is 39.0 Å². The highest BCUT2D eigenvalue weighted by molar-refractivity contribution is 6.11. The Morgan fingerprint density at radius 1 is 1.25 bits per heavy atom. The zero-order valence-corrected chi connectivity index (χ0v) is 22.9. The summed E-state index contributed by atoms with van der Waals surface area (Å²) >= 11 is 0. The maximum atomic E-state index is 14.0. The first kappa shape index (κ1) is 27.4. The first-order valence-corrected chi connectivity index (χ1v) is 13.5. The molecule has 0 aromatic carbocycles. The van der Waals surface area contributed by atoms with Gasteiger partial charge < -0.3 is 25.0 Å². The van der Waals surface area contributed by atoms with Crippen molar-refractivity contribution < 1.29 is 19.1 Å². The zero-order valence-electron chi connectivity index (χ0n) is 22.9. The van der Waals surface area contributed by atoms with Crippen LogP contribution in [0.4, 0.5) is 5.82 Å². The molecule has 2 N–H and O–H groups in total. The van der Waals surface area contributed by atoms with Gasteiger partial charge in [-0.1, -0.05) is 24.1 Å². The van der Waals surface area contributed by atoms with Gasteiger partial charge in [0, 0.05) is 50.3 Å². The topological polar surface area (TPSA) is 125 Å². The largest absolute Gasteiger partial charge is 0.501 e. The van der Waals surface area contributed by atoms with E-state index in [1.54, 1.807) is 47.8 Å². The van der Waals surface area contributed by atoms with Crippen molar-refractivity contribution in [3.05, 3.63) is 57.9 Å². The van der Waals surface area contributed by atoms with Crippen LogP contribution in [-0.4, -0.2) is 83.3 Å². The minimum atomic E-state index is -0.446. The summed E-state index contributed by atoms with van der Waals surface area (Å²) in [6, 6.07) is 2.95. The van der Waals surface area contributed by atoms with Crippen LogP contribution < -0.4 is 16.2 Å². The van der Waals surface area contributed by atoms with Gasteiger partial charge in [-0.25, -0.2) is 9.55 Å².